The first-order valence-electron chi connectivity index (χ1n) is 3.61. The largest absolute Gasteiger partial charge is 0.376 e. The molecule has 1 saturated heterocycles. The highest BCUT2D eigenvalue weighted by Crippen LogP contribution is 2.06. The average Bonchev–Trinajstić information content (AvgIpc) is 2.05. The van der Waals surface area contributed by atoms with Gasteiger partial charge in [-0.1, -0.05) is 6.58 Å². The third-order valence-corrected chi connectivity index (χ3v) is 1.53. The van der Waals surface area contributed by atoms with Crippen molar-refractivity contribution in [2.24, 2.45) is 0 Å². The molecule has 1 unspecified atom stereocenters. The lowest BCUT2D eigenvalue weighted by Crippen LogP contribution is -2.35. The highest BCUT2D eigenvalue weighted by atomic mass is 16.6. The van der Waals surface area contributed by atoms with Gasteiger partial charge in [0.1, 0.15) is 6.10 Å². The van der Waals surface area contributed by atoms with Crippen LogP contribution in [0.15, 0.2) is 12.2 Å². The summed E-state index contributed by atoms with van der Waals surface area (Å²) in [6, 6.07) is 0. The van der Waals surface area contributed by atoms with Crippen LogP contribution in [0.1, 0.15) is 6.92 Å². The molecule has 1 rings (SSSR count). The molecule has 3 nitrogen and oxygen atoms in total. The van der Waals surface area contributed by atoms with Gasteiger partial charge in [0.2, 0.25) is 0 Å². The molecule has 3 heteroatoms. The fourth-order valence-electron chi connectivity index (χ4n) is 0.914. The molecule has 1 fully saturated rings. The summed E-state index contributed by atoms with van der Waals surface area (Å²) in [6.45, 7) is 6.68. The standard InChI is InChI=1S/C8H12O3/c1-6(2)8(9)7-5-10-3-4-11-7/h7H,1,3-5H2,2H3. The number of hydrogen-bond acceptors (Lipinski definition) is 3. The number of hydrogen-bond donors (Lipinski definition) is 0. The number of carbonyl (C=O) groups excluding carboxylic acids is 1. The summed E-state index contributed by atoms with van der Waals surface area (Å²) in [4.78, 5) is 11.2. The van der Waals surface area contributed by atoms with Crippen LogP contribution in [0.3, 0.4) is 0 Å². The normalized spacial score (nSPS) is 24.6. The van der Waals surface area contributed by atoms with Gasteiger partial charge in [-0.2, -0.15) is 0 Å². The molecule has 1 atom stereocenters. The second-order valence-electron chi connectivity index (χ2n) is 2.58. The molecule has 0 bridgehead atoms. The van der Waals surface area contributed by atoms with Crippen molar-refractivity contribution in [3.8, 4) is 0 Å². The lowest BCUT2D eigenvalue weighted by atomic mass is 10.1. The summed E-state index contributed by atoms with van der Waals surface area (Å²) < 4.78 is 10.2. The Balaban J connectivity index is 2.45. The van der Waals surface area contributed by atoms with E-state index in [-0.39, 0.29) is 5.78 Å². The molecule has 0 aromatic heterocycles. The SMILES string of the molecule is C=C(C)C(=O)C1COCCO1. The van der Waals surface area contributed by atoms with Gasteiger partial charge >= 0.3 is 0 Å². The van der Waals surface area contributed by atoms with Crippen molar-refractivity contribution in [1.29, 1.82) is 0 Å². The predicted molar refractivity (Wildman–Crippen MR) is 40.4 cm³/mol. The molecule has 62 valence electrons. The summed E-state index contributed by atoms with van der Waals surface area (Å²) in [5.41, 5.74) is 0.528. The number of Topliss-reactive ketones (excluding diaryl/α,β-unsaturated/α-hetero) is 1. The molecule has 1 aliphatic heterocycles. The minimum atomic E-state index is -0.416. The van der Waals surface area contributed by atoms with E-state index in [0.29, 0.717) is 25.4 Å². The van der Waals surface area contributed by atoms with E-state index >= 15 is 0 Å². The van der Waals surface area contributed by atoms with Crippen LogP contribution in [-0.2, 0) is 14.3 Å². The van der Waals surface area contributed by atoms with Crippen molar-refractivity contribution >= 4 is 5.78 Å². The molecule has 11 heavy (non-hydrogen) atoms. The Morgan fingerprint density at radius 2 is 2.27 bits per heavy atom. The Hall–Kier alpha value is -0.670. The minimum absolute atomic E-state index is 0.0512. The third-order valence-electron chi connectivity index (χ3n) is 1.53. The van der Waals surface area contributed by atoms with Gasteiger partial charge in [0.05, 0.1) is 19.8 Å². The average molecular weight is 156 g/mol. The first kappa shape index (κ1) is 8.43. The van der Waals surface area contributed by atoms with Gasteiger partial charge in [0.15, 0.2) is 5.78 Å². The van der Waals surface area contributed by atoms with Crippen molar-refractivity contribution in [1.82, 2.24) is 0 Å². The number of ether oxygens (including phenoxy) is 2. The lowest BCUT2D eigenvalue weighted by Gasteiger charge is -2.21. The monoisotopic (exact) mass is 156 g/mol. The first-order valence-corrected chi connectivity index (χ1v) is 3.61. The molecular weight excluding hydrogens is 144 g/mol. The molecule has 0 aromatic rings. The van der Waals surface area contributed by atoms with Crippen LogP contribution >= 0.6 is 0 Å². The molecular formula is C8H12O3. The molecule has 0 spiro atoms. The van der Waals surface area contributed by atoms with E-state index in [1.54, 1.807) is 6.92 Å². The maximum absolute atomic E-state index is 11.2. The van der Waals surface area contributed by atoms with Crippen LogP contribution in [0, 0.1) is 0 Å². The Morgan fingerprint density at radius 1 is 1.55 bits per heavy atom. The summed E-state index contributed by atoms with van der Waals surface area (Å²) in [5, 5.41) is 0. The van der Waals surface area contributed by atoms with E-state index in [0.717, 1.165) is 0 Å². The van der Waals surface area contributed by atoms with Gasteiger partial charge in [-0.3, -0.25) is 4.79 Å². The number of carbonyl (C=O) groups is 1. The Labute approximate surface area is 66.0 Å². The lowest BCUT2D eigenvalue weighted by molar-refractivity contribution is -0.141. The summed E-state index contributed by atoms with van der Waals surface area (Å²) >= 11 is 0. The van der Waals surface area contributed by atoms with Crippen LogP contribution in [-0.4, -0.2) is 31.7 Å². The summed E-state index contributed by atoms with van der Waals surface area (Å²) in [7, 11) is 0. The van der Waals surface area contributed by atoms with Gasteiger partial charge < -0.3 is 9.47 Å². The fraction of sp³-hybridized carbons (Fsp3) is 0.625. The van der Waals surface area contributed by atoms with Crippen molar-refractivity contribution in [2.75, 3.05) is 19.8 Å². The zero-order valence-electron chi connectivity index (χ0n) is 6.63. The second kappa shape index (κ2) is 3.64. The maximum atomic E-state index is 11.2. The van der Waals surface area contributed by atoms with Crippen LogP contribution in [0.2, 0.25) is 0 Å². The smallest absolute Gasteiger partial charge is 0.189 e. The summed E-state index contributed by atoms with van der Waals surface area (Å²) in [6.07, 6.45) is -0.416. The zero-order chi connectivity index (χ0) is 8.27. The van der Waals surface area contributed by atoms with Crippen molar-refractivity contribution < 1.29 is 14.3 Å². The van der Waals surface area contributed by atoms with Crippen molar-refractivity contribution in [2.45, 2.75) is 13.0 Å². The third kappa shape index (κ3) is 2.13. The maximum Gasteiger partial charge on any atom is 0.189 e. The molecule has 0 aromatic carbocycles. The molecule has 1 aliphatic rings. The zero-order valence-corrected chi connectivity index (χ0v) is 6.63. The van der Waals surface area contributed by atoms with Crippen LogP contribution in [0.5, 0.6) is 0 Å². The topological polar surface area (TPSA) is 35.5 Å². The van der Waals surface area contributed by atoms with Gasteiger partial charge in [0, 0.05) is 0 Å². The summed E-state index contributed by atoms with van der Waals surface area (Å²) in [5.74, 6) is -0.0512. The van der Waals surface area contributed by atoms with Crippen molar-refractivity contribution in [3.05, 3.63) is 12.2 Å². The van der Waals surface area contributed by atoms with Gasteiger partial charge in [-0.05, 0) is 12.5 Å². The number of ketones is 1. The first-order chi connectivity index (χ1) is 5.22. The van der Waals surface area contributed by atoms with Gasteiger partial charge in [-0.25, -0.2) is 0 Å². The highest BCUT2D eigenvalue weighted by Gasteiger charge is 2.22. The van der Waals surface area contributed by atoms with Crippen LogP contribution in [0.4, 0.5) is 0 Å². The van der Waals surface area contributed by atoms with E-state index < -0.39 is 6.10 Å². The Morgan fingerprint density at radius 3 is 2.73 bits per heavy atom. The van der Waals surface area contributed by atoms with Crippen molar-refractivity contribution in [3.63, 3.8) is 0 Å². The van der Waals surface area contributed by atoms with Gasteiger partial charge in [-0.15, -0.1) is 0 Å². The molecule has 1 heterocycles. The van der Waals surface area contributed by atoms with Crippen LogP contribution < -0.4 is 0 Å². The molecule has 0 saturated carbocycles. The Bertz CT molecular complexity index is 168. The fourth-order valence-corrected chi connectivity index (χ4v) is 0.914. The van der Waals surface area contributed by atoms with E-state index in [1.807, 2.05) is 0 Å². The highest BCUT2D eigenvalue weighted by molar-refractivity contribution is 5.97. The van der Waals surface area contributed by atoms with E-state index in [9.17, 15) is 4.79 Å². The molecule has 0 amide bonds. The Kier molecular flexibility index (Phi) is 2.79. The molecule has 0 radical (unpaired) electrons. The van der Waals surface area contributed by atoms with E-state index in [4.69, 9.17) is 9.47 Å². The quantitative estimate of drug-likeness (QED) is 0.547. The predicted octanol–water partition coefficient (Wildman–Crippen LogP) is 0.547. The minimum Gasteiger partial charge on any atom is -0.376 e. The van der Waals surface area contributed by atoms with E-state index in [2.05, 4.69) is 6.58 Å². The molecule has 0 aliphatic carbocycles. The van der Waals surface area contributed by atoms with Gasteiger partial charge in [0.25, 0.3) is 0 Å². The van der Waals surface area contributed by atoms with E-state index in [1.165, 1.54) is 0 Å². The molecule has 0 N–H and O–H groups in total. The van der Waals surface area contributed by atoms with Crippen LogP contribution in [0.25, 0.3) is 0 Å². The number of rotatable bonds is 2. The second-order valence-corrected chi connectivity index (χ2v) is 2.58.